The third-order valence-corrected chi connectivity index (χ3v) is 1.98. The van der Waals surface area contributed by atoms with Gasteiger partial charge < -0.3 is 5.11 Å². The largest absolute Gasteiger partial charge is 0.504 e. The molecule has 3 heteroatoms. The number of hydrogen-bond donors (Lipinski definition) is 1. The summed E-state index contributed by atoms with van der Waals surface area (Å²) in [6, 6.07) is 7.88. The van der Waals surface area contributed by atoms with Gasteiger partial charge in [-0.25, -0.2) is 4.39 Å². The smallest absolute Gasteiger partial charge is 0.165 e. The molecular weight excluding hydrogens is 181 g/mol. The second-order valence-corrected chi connectivity index (χ2v) is 2.87. The van der Waals surface area contributed by atoms with Crippen LogP contribution in [-0.4, -0.2) is 10.1 Å². The molecule has 1 N–H and O–H groups in total. The topological polar surface area (TPSA) is 33.1 Å². The molecule has 0 atom stereocenters. The highest BCUT2D eigenvalue weighted by Crippen LogP contribution is 2.30. The number of halogens is 1. The van der Waals surface area contributed by atoms with Crippen LogP contribution in [0.1, 0.15) is 0 Å². The molecule has 2 aromatic rings. The zero-order valence-electron chi connectivity index (χ0n) is 7.31. The van der Waals surface area contributed by atoms with Crippen LogP contribution in [0.15, 0.2) is 42.7 Å². The summed E-state index contributed by atoms with van der Waals surface area (Å²) in [4.78, 5) is 3.85. The Kier molecular flexibility index (Phi) is 2.14. The molecular formula is C11H8FNO. The Morgan fingerprint density at radius 3 is 2.50 bits per heavy atom. The summed E-state index contributed by atoms with van der Waals surface area (Å²) < 4.78 is 13.0. The van der Waals surface area contributed by atoms with Crippen molar-refractivity contribution in [1.82, 2.24) is 4.98 Å². The van der Waals surface area contributed by atoms with Crippen LogP contribution >= 0.6 is 0 Å². The van der Waals surface area contributed by atoms with Crippen molar-refractivity contribution in [2.75, 3.05) is 0 Å². The van der Waals surface area contributed by atoms with E-state index in [0.29, 0.717) is 5.56 Å². The number of pyridine rings is 1. The minimum absolute atomic E-state index is 0.321. The first kappa shape index (κ1) is 8.69. The zero-order chi connectivity index (χ0) is 9.97. The van der Waals surface area contributed by atoms with Crippen molar-refractivity contribution < 1.29 is 9.50 Å². The number of para-hydroxylation sites is 1. The summed E-state index contributed by atoms with van der Waals surface area (Å²) in [5.74, 6) is -0.932. The van der Waals surface area contributed by atoms with Gasteiger partial charge in [0.1, 0.15) is 0 Å². The van der Waals surface area contributed by atoms with Gasteiger partial charge in [0.25, 0.3) is 0 Å². The Morgan fingerprint density at radius 1 is 1.07 bits per heavy atom. The second-order valence-electron chi connectivity index (χ2n) is 2.87. The number of benzene rings is 1. The average molecular weight is 189 g/mol. The van der Waals surface area contributed by atoms with E-state index in [-0.39, 0.29) is 5.75 Å². The van der Waals surface area contributed by atoms with Crippen molar-refractivity contribution in [3.63, 3.8) is 0 Å². The van der Waals surface area contributed by atoms with Gasteiger partial charge in [0.2, 0.25) is 0 Å². The second kappa shape index (κ2) is 3.46. The maximum Gasteiger partial charge on any atom is 0.165 e. The van der Waals surface area contributed by atoms with E-state index in [2.05, 4.69) is 4.98 Å². The summed E-state index contributed by atoms with van der Waals surface area (Å²) in [7, 11) is 0. The van der Waals surface area contributed by atoms with Gasteiger partial charge in [-0.2, -0.15) is 0 Å². The molecule has 0 unspecified atom stereocenters. The van der Waals surface area contributed by atoms with Crippen molar-refractivity contribution in [2.24, 2.45) is 0 Å². The molecule has 70 valence electrons. The molecule has 0 saturated carbocycles. The Balaban J connectivity index is 2.58. The van der Waals surface area contributed by atoms with E-state index in [1.54, 1.807) is 36.7 Å². The van der Waals surface area contributed by atoms with Crippen LogP contribution in [0, 0.1) is 5.82 Å². The number of aromatic nitrogens is 1. The monoisotopic (exact) mass is 189 g/mol. The number of rotatable bonds is 1. The summed E-state index contributed by atoms with van der Waals surface area (Å²) in [6.07, 6.45) is 3.19. The van der Waals surface area contributed by atoms with Gasteiger partial charge in [0, 0.05) is 18.0 Å². The minimum atomic E-state index is -0.612. The molecule has 0 aliphatic heterocycles. The Hall–Kier alpha value is -1.90. The van der Waals surface area contributed by atoms with E-state index in [0.717, 1.165) is 5.56 Å². The van der Waals surface area contributed by atoms with Crippen molar-refractivity contribution >= 4 is 0 Å². The van der Waals surface area contributed by atoms with Crippen LogP contribution in [0.4, 0.5) is 4.39 Å². The van der Waals surface area contributed by atoms with Gasteiger partial charge in [-0.1, -0.05) is 12.1 Å². The zero-order valence-corrected chi connectivity index (χ0v) is 7.31. The highest BCUT2D eigenvalue weighted by molar-refractivity contribution is 5.69. The lowest BCUT2D eigenvalue weighted by atomic mass is 10.1. The molecule has 1 aromatic heterocycles. The third-order valence-electron chi connectivity index (χ3n) is 1.98. The fraction of sp³-hybridized carbons (Fsp3) is 0. The van der Waals surface area contributed by atoms with E-state index >= 15 is 0 Å². The lowest BCUT2D eigenvalue weighted by molar-refractivity contribution is 0.434. The molecule has 2 nitrogen and oxygen atoms in total. The first-order valence-electron chi connectivity index (χ1n) is 4.17. The van der Waals surface area contributed by atoms with Crippen molar-refractivity contribution in [2.45, 2.75) is 0 Å². The number of aromatic hydroxyl groups is 1. The van der Waals surface area contributed by atoms with Crippen LogP contribution < -0.4 is 0 Å². The highest BCUT2D eigenvalue weighted by atomic mass is 19.1. The van der Waals surface area contributed by atoms with Crippen molar-refractivity contribution in [3.05, 3.63) is 48.5 Å². The van der Waals surface area contributed by atoms with Crippen LogP contribution in [0.5, 0.6) is 5.75 Å². The van der Waals surface area contributed by atoms with Gasteiger partial charge >= 0.3 is 0 Å². The number of phenols is 1. The van der Waals surface area contributed by atoms with Gasteiger partial charge in [-0.05, 0) is 23.8 Å². The van der Waals surface area contributed by atoms with Crippen LogP contribution in [0.2, 0.25) is 0 Å². The lowest BCUT2D eigenvalue weighted by Crippen LogP contribution is -1.82. The fourth-order valence-corrected chi connectivity index (χ4v) is 1.28. The molecule has 1 heterocycles. The molecule has 0 aliphatic rings. The maximum atomic E-state index is 13.0. The predicted molar refractivity (Wildman–Crippen MR) is 51.3 cm³/mol. The van der Waals surface area contributed by atoms with Crippen LogP contribution in [-0.2, 0) is 0 Å². The molecule has 0 radical (unpaired) electrons. The van der Waals surface area contributed by atoms with Crippen molar-refractivity contribution in [1.29, 1.82) is 0 Å². The third kappa shape index (κ3) is 1.44. The molecule has 0 amide bonds. The summed E-state index contributed by atoms with van der Waals surface area (Å²) in [5, 5.41) is 9.46. The SMILES string of the molecule is Oc1c(F)cccc1-c1ccncc1. The van der Waals surface area contributed by atoms with E-state index in [9.17, 15) is 9.50 Å². The Bertz CT molecular complexity index is 442. The summed E-state index contributed by atoms with van der Waals surface area (Å²) >= 11 is 0. The average Bonchev–Trinajstić information content (AvgIpc) is 2.23. The van der Waals surface area contributed by atoms with Gasteiger partial charge in [0.05, 0.1) is 0 Å². The van der Waals surface area contributed by atoms with E-state index in [1.807, 2.05) is 0 Å². The number of phenolic OH excluding ortho intramolecular Hbond substituents is 1. The molecule has 0 saturated heterocycles. The lowest BCUT2D eigenvalue weighted by Gasteiger charge is -2.04. The first-order valence-corrected chi connectivity index (χ1v) is 4.17. The van der Waals surface area contributed by atoms with Crippen LogP contribution in [0.25, 0.3) is 11.1 Å². The molecule has 14 heavy (non-hydrogen) atoms. The summed E-state index contributed by atoms with van der Waals surface area (Å²) in [5.41, 5.74) is 1.23. The molecule has 1 aromatic carbocycles. The van der Waals surface area contributed by atoms with E-state index in [4.69, 9.17) is 0 Å². The highest BCUT2D eigenvalue weighted by Gasteiger charge is 2.07. The Labute approximate surface area is 80.7 Å². The first-order chi connectivity index (χ1) is 6.79. The van der Waals surface area contributed by atoms with Gasteiger partial charge in [0.15, 0.2) is 11.6 Å². The molecule has 0 spiro atoms. The number of hydrogen-bond acceptors (Lipinski definition) is 2. The summed E-state index contributed by atoms with van der Waals surface area (Å²) in [6.45, 7) is 0. The fourth-order valence-electron chi connectivity index (χ4n) is 1.28. The minimum Gasteiger partial charge on any atom is -0.504 e. The molecule has 0 fully saturated rings. The normalized spacial score (nSPS) is 10.1. The molecule has 2 rings (SSSR count). The molecule has 0 aliphatic carbocycles. The standard InChI is InChI=1S/C11H8FNO/c12-10-3-1-2-9(11(10)14)8-4-6-13-7-5-8/h1-7,14H. The van der Waals surface area contributed by atoms with Gasteiger partial charge in [-0.15, -0.1) is 0 Å². The predicted octanol–water partition coefficient (Wildman–Crippen LogP) is 2.59. The van der Waals surface area contributed by atoms with Crippen molar-refractivity contribution in [3.8, 4) is 16.9 Å². The van der Waals surface area contributed by atoms with Gasteiger partial charge in [-0.3, -0.25) is 4.98 Å². The Morgan fingerprint density at radius 2 is 1.79 bits per heavy atom. The number of nitrogens with zero attached hydrogens (tertiary/aromatic N) is 1. The van der Waals surface area contributed by atoms with E-state index in [1.165, 1.54) is 6.07 Å². The van der Waals surface area contributed by atoms with Crippen LogP contribution in [0.3, 0.4) is 0 Å². The van der Waals surface area contributed by atoms with E-state index < -0.39 is 5.82 Å². The quantitative estimate of drug-likeness (QED) is 0.747. The maximum absolute atomic E-state index is 13.0. The molecule has 0 bridgehead atoms.